The summed E-state index contributed by atoms with van der Waals surface area (Å²) in [4.78, 5) is 0. The van der Waals surface area contributed by atoms with Crippen LogP contribution >= 0.6 is 0 Å². The van der Waals surface area contributed by atoms with Crippen molar-refractivity contribution in [1.29, 1.82) is 21.0 Å². The number of hydrogen-bond acceptors (Lipinski definition) is 8. The molecule has 0 saturated heterocycles. The largest absolute Gasteiger partial charge is 0.457 e. The summed E-state index contributed by atoms with van der Waals surface area (Å²) in [6.07, 6.45) is 0. The van der Waals surface area contributed by atoms with Gasteiger partial charge in [-0.3, -0.25) is 0 Å². The van der Waals surface area contributed by atoms with Crippen LogP contribution in [0.3, 0.4) is 0 Å². The van der Waals surface area contributed by atoms with E-state index in [0.29, 0.717) is 57.1 Å². The summed E-state index contributed by atoms with van der Waals surface area (Å²) in [6.45, 7) is 8.65. The smallest absolute Gasteiger partial charge is 0.131 e. The maximum atomic E-state index is 9.34. The second kappa shape index (κ2) is 17.1. The van der Waals surface area contributed by atoms with Crippen molar-refractivity contribution in [2.75, 3.05) is 0 Å². The van der Waals surface area contributed by atoms with Gasteiger partial charge in [0.05, 0.1) is 22.3 Å². The van der Waals surface area contributed by atoms with Crippen LogP contribution in [0.15, 0.2) is 158 Å². The minimum Gasteiger partial charge on any atom is -0.457 e. The van der Waals surface area contributed by atoms with Crippen molar-refractivity contribution in [2.45, 2.75) is 38.5 Å². The molecule has 0 aromatic heterocycles. The van der Waals surface area contributed by atoms with Gasteiger partial charge in [-0.05, 0) is 119 Å². The Morgan fingerprint density at radius 3 is 0.817 bits per heavy atom. The second-order valence-electron chi connectivity index (χ2n) is 15.1. The van der Waals surface area contributed by atoms with Gasteiger partial charge >= 0.3 is 0 Å². The maximum absolute atomic E-state index is 9.34. The molecule has 0 fully saturated rings. The molecule has 0 amide bonds. The van der Waals surface area contributed by atoms with Gasteiger partial charge in [-0.1, -0.05) is 82.3 Å². The summed E-state index contributed by atoms with van der Waals surface area (Å²) in [6, 6.07) is 57.1. The molecule has 7 rings (SSSR count). The number of benzene rings is 7. The molecule has 8 heteroatoms. The highest BCUT2D eigenvalue weighted by atomic mass is 16.5. The van der Waals surface area contributed by atoms with Crippen LogP contribution in [0.2, 0.25) is 0 Å². The van der Waals surface area contributed by atoms with Crippen molar-refractivity contribution in [3.63, 3.8) is 0 Å². The minimum absolute atomic E-state index is 0.276. The first-order chi connectivity index (χ1) is 29.0. The highest BCUT2D eigenvalue weighted by Gasteiger charge is 2.25. The topological polar surface area (TPSA) is 132 Å². The van der Waals surface area contributed by atoms with Crippen molar-refractivity contribution in [3.05, 3.63) is 202 Å². The number of ether oxygens (including phenoxy) is 4. The van der Waals surface area contributed by atoms with Gasteiger partial charge in [-0.15, -0.1) is 0 Å². The molecule has 0 unspecified atom stereocenters. The zero-order chi connectivity index (χ0) is 42.3. The van der Waals surface area contributed by atoms with Crippen LogP contribution in [0.4, 0.5) is 0 Å². The summed E-state index contributed by atoms with van der Waals surface area (Å²) in [7, 11) is 0. The Morgan fingerprint density at radius 2 is 0.550 bits per heavy atom. The molecule has 0 heterocycles. The Morgan fingerprint density at radius 1 is 0.300 bits per heavy atom. The summed E-state index contributed by atoms with van der Waals surface area (Å²) in [5.41, 5.74) is 4.98. The summed E-state index contributed by atoms with van der Waals surface area (Å²) in [5.74, 6) is 4.93. The number of rotatable bonds is 12. The van der Waals surface area contributed by atoms with Gasteiger partial charge in [0.15, 0.2) is 0 Å². The van der Waals surface area contributed by atoms with Gasteiger partial charge in [-0.25, -0.2) is 0 Å². The van der Waals surface area contributed by atoms with E-state index in [2.05, 4.69) is 52.0 Å². The number of hydrogen-bond donors (Lipinski definition) is 0. The molecule has 0 saturated carbocycles. The molecule has 60 heavy (non-hydrogen) atoms. The van der Waals surface area contributed by atoms with E-state index in [1.165, 1.54) is 0 Å². The van der Waals surface area contributed by atoms with Crippen LogP contribution in [0.5, 0.6) is 46.0 Å². The molecule has 0 aliphatic heterocycles. The van der Waals surface area contributed by atoms with Crippen LogP contribution in [0, 0.1) is 45.3 Å². The Labute approximate surface area is 349 Å². The third-order valence-electron chi connectivity index (χ3n) is 10.5. The lowest BCUT2D eigenvalue weighted by Crippen LogP contribution is -2.18. The van der Waals surface area contributed by atoms with E-state index in [4.69, 9.17) is 18.9 Å². The van der Waals surface area contributed by atoms with Crippen LogP contribution < -0.4 is 18.9 Å². The molecule has 7 aromatic rings. The third-order valence-corrected chi connectivity index (χ3v) is 10.5. The van der Waals surface area contributed by atoms with E-state index >= 15 is 0 Å². The molecule has 8 nitrogen and oxygen atoms in total. The average Bonchev–Trinajstić information content (AvgIpc) is 3.27. The standard InChI is InChI=1S/C52H38N4O4/c1-51(2,41-14-24-45(25-15-41)59-49-18-8-35(31-53)37(28-49)33-55)39-10-20-43(21-11-39)57-47-6-5-7-48(30-47)58-44-22-12-40(13-23-44)52(3,4)42-16-26-46(27-17-42)60-50-19-9-36(32-54)38(29-50)34-56/h5-30H,1-4H3. The first kappa shape index (κ1) is 39.9. The van der Waals surface area contributed by atoms with Gasteiger partial charge in [0.1, 0.15) is 70.3 Å². The van der Waals surface area contributed by atoms with Gasteiger partial charge in [-0.2, -0.15) is 21.0 Å². The molecule has 0 aliphatic carbocycles. The van der Waals surface area contributed by atoms with Crippen LogP contribution in [0.1, 0.15) is 72.2 Å². The third kappa shape index (κ3) is 8.81. The molecule has 0 bridgehead atoms. The maximum Gasteiger partial charge on any atom is 0.131 e. The molecular formula is C52H38N4O4. The second-order valence-corrected chi connectivity index (χ2v) is 15.1. The van der Waals surface area contributed by atoms with Gasteiger partial charge < -0.3 is 18.9 Å². The highest BCUT2D eigenvalue weighted by molar-refractivity contribution is 5.52. The van der Waals surface area contributed by atoms with Gasteiger partial charge in [0.2, 0.25) is 0 Å². The highest BCUT2D eigenvalue weighted by Crippen LogP contribution is 2.37. The SMILES string of the molecule is CC(C)(c1ccc(Oc2cccc(Oc3ccc(C(C)(C)c4ccc(Oc5ccc(C#N)c(C#N)c5)cc4)cc3)c2)cc1)c1ccc(Oc2ccc(C#N)c(C#N)c2)cc1. The molecule has 290 valence electrons. The zero-order valence-electron chi connectivity index (χ0n) is 33.4. The van der Waals surface area contributed by atoms with E-state index in [-0.39, 0.29) is 22.0 Å². The van der Waals surface area contributed by atoms with E-state index in [1.807, 2.05) is 121 Å². The van der Waals surface area contributed by atoms with Crippen LogP contribution in [0.25, 0.3) is 0 Å². The fourth-order valence-corrected chi connectivity index (χ4v) is 6.79. The molecular weight excluding hydrogens is 745 g/mol. The normalized spacial score (nSPS) is 10.9. The molecule has 0 aliphatic rings. The fraction of sp³-hybridized carbons (Fsp3) is 0.115. The molecule has 0 spiro atoms. The van der Waals surface area contributed by atoms with E-state index < -0.39 is 0 Å². The lowest BCUT2D eigenvalue weighted by molar-refractivity contribution is 0.459. The van der Waals surface area contributed by atoms with Gasteiger partial charge in [0, 0.05) is 16.9 Å². The molecule has 7 aromatic carbocycles. The van der Waals surface area contributed by atoms with Crippen molar-refractivity contribution in [1.82, 2.24) is 0 Å². The Balaban J connectivity index is 0.954. The lowest BCUT2D eigenvalue weighted by Gasteiger charge is -2.26. The fourth-order valence-electron chi connectivity index (χ4n) is 6.79. The average molecular weight is 783 g/mol. The molecule has 0 radical (unpaired) electrons. The predicted octanol–water partition coefficient (Wildman–Crippen LogP) is 13.0. The summed E-state index contributed by atoms with van der Waals surface area (Å²) < 4.78 is 24.4. The van der Waals surface area contributed by atoms with E-state index in [0.717, 1.165) is 22.3 Å². The van der Waals surface area contributed by atoms with E-state index in [1.54, 1.807) is 36.4 Å². The van der Waals surface area contributed by atoms with Crippen molar-refractivity contribution >= 4 is 0 Å². The van der Waals surface area contributed by atoms with Crippen molar-refractivity contribution in [3.8, 4) is 70.3 Å². The van der Waals surface area contributed by atoms with Crippen LogP contribution in [-0.4, -0.2) is 0 Å². The number of nitrogens with zero attached hydrogens (tertiary/aromatic N) is 4. The minimum atomic E-state index is -0.309. The van der Waals surface area contributed by atoms with Crippen LogP contribution in [-0.2, 0) is 10.8 Å². The first-order valence-corrected chi connectivity index (χ1v) is 19.1. The first-order valence-electron chi connectivity index (χ1n) is 19.1. The quantitative estimate of drug-likeness (QED) is 0.120. The Kier molecular flexibility index (Phi) is 11.3. The van der Waals surface area contributed by atoms with Crippen molar-refractivity contribution in [2.24, 2.45) is 0 Å². The monoisotopic (exact) mass is 782 g/mol. The molecule has 0 atom stereocenters. The summed E-state index contributed by atoms with van der Waals surface area (Å²) >= 11 is 0. The summed E-state index contributed by atoms with van der Waals surface area (Å²) in [5, 5.41) is 37.1. The lowest BCUT2D eigenvalue weighted by atomic mass is 9.78. The van der Waals surface area contributed by atoms with Crippen molar-refractivity contribution < 1.29 is 18.9 Å². The Hall–Kier alpha value is -8.30. The van der Waals surface area contributed by atoms with E-state index in [9.17, 15) is 21.0 Å². The Bertz CT molecular complexity index is 2640. The number of nitriles is 4. The van der Waals surface area contributed by atoms with Gasteiger partial charge in [0.25, 0.3) is 0 Å². The predicted molar refractivity (Wildman–Crippen MR) is 229 cm³/mol. The molecule has 0 N–H and O–H groups in total. The zero-order valence-corrected chi connectivity index (χ0v) is 33.4.